The molecule has 1 aromatic heterocycles. The van der Waals surface area contributed by atoms with Gasteiger partial charge in [-0.2, -0.15) is 14.5 Å². The van der Waals surface area contributed by atoms with Gasteiger partial charge in [-0.05, 0) is 40.7 Å². The molecule has 1 heterocycles. The summed E-state index contributed by atoms with van der Waals surface area (Å²) in [5.41, 5.74) is 2.91. The van der Waals surface area contributed by atoms with Crippen molar-refractivity contribution in [1.29, 1.82) is 0 Å². The largest absolute Gasteiger partial charge is 0.507 e. The van der Waals surface area contributed by atoms with Gasteiger partial charge in [-0.3, -0.25) is 5.43 Å². The van der Waals surface area contributed by atoms with Gasteiger partial charge in [0.05, 0.1) is 11.1 Å². The quantitative estimate of drug-likeness (QED) is 0.163. The smallest absolute Gasteiger partial charge is 0.252 e. The molecule has 0 aliphatic heterocycles. The molecule has 0 fully saturated rings. The van der Waals surface area contributed by atoms with Crippen molar-refractivity contribution in [2.75, 3.05) is 5.43 Å². The van der Waals surface area contributed by atoms with Crippen molar-refractivity contribution >= 4 is 23.8 Å². The molecule has 0 saturated heterocycles. The van der Waals surface area contributed by atoms with Crippen molar-refractivity contribution in [3.63, 3.8) is 0 Å². The fourth-order valence-electron chi connectivity index (χ4n) is 3.34. The molecule has 3 aromatic rings. The number of halogens is 4. The highest BCUT2D eigenvalue weighted by atomic mass is 32.2. The van der Waals surface area contributed by atoms with Crippen LogP contribution in [0.3, 0.4) is 0 Å². The van der Waals surface area contributed by atoms with Gasteiger partial charge < -0.3 is 5.11 Å². The minimum atomic E-state index is -1.50. The fourth-order valence-corrected chi connectivity index (χ4v) is 4.29. The first-order chi connectivity index (χ1) is 16.2. The fraction of sp³-hybridized carbons (Fsp3) is 0.308. The predicted octanol–water partition coefficient (Wildman–Crippen LogP) is 7.54. The van der Waals surface area contributed by atoms with Crippen LogP contribution in [0.1, 0.15) is 58.2 Å². The zero-order chi connectivity index (χ0) is 26.1. The Morgan fingerprint density at radius 1 is 0.914 bits per heavy atom. The van der Waals surface area contributed by atoms with Gasteiger partial charge in [0.2, 0.25) is 0 Å². The van der Waals surface area contributed by atoms with Gasteiger partial charge in [0.25, 0.3) is 5.95 Å². The van der Waals surface area contributed by atoms with Crippen LogP contribution in [0.2, 0.25) is 0 Å². The number of hydrogen-bond donors (Lipinski definition) is 2. The van der Waals surface area contributed by atoms with Crippen LogP contribution in [0.4, 0.5) is 23.4 Å². The van der Waals surface area contributed by atoms with E-state index >= 15 is 4.39 Å². The van der Waals surface area contributed by atoms with Crippen LogP contribution in [0, 0.1) is 23.4 Å². The average molecular weight is 506 g/mol. The van der Waals surface area contributed by atoms with E-state index in [-0.39, 0.29) is 5.75 Å². The number of pyridine rings is 1. The number of benzene rings is 2. The monoisotopic (exact) mass is 505 g/mol. The van der Waals surface area contributed by atoms with Gasteiger partial charge in [0.15, 0.2) is 17.5 Å². The lowest BCUT2D eigenvalue weighted by Crippen LogP contribution is -2.17. The normalized spacial score (nSPS) is 12.4. The van der Waals surface area contributed by atoms with Crippen molar-refractivity contribution < 1.29 is 22.7 Å². The first-order valence-electron chi connectivity index (χ1n) is 10.8. The summed E-state index contributed by atoms with van der Waals surface area (Å²) in [5, 5.41) is 14.6. The van der Waals surface area contributed by atoms with E-state index in [0.717, 1.165) is 0 Å². The SMILES string of the molecule is CC(C)(C)c1cc(Sc2c(F)c(F)nc(NN=Cc3cccc(F)c3)c2F)cc(C(C)(C)C)c1O. The molecule has 0 unspecified atom stereocenters. The predicted molar refractivity (Wildman–Crippen MR) is 131 cm³/mol. The Morgan fingerprint density at radius 3 is 2.06 bits per heavy atom. The molecule has 35 heavy (non-hydrogen) atoms. The number of phenols is 1. The maximum absolute atomic E-state index is 15.2. The molecule has 0 spiro atoms. The van der Waals surface area contributed by atoms with E-state index in [2.05, 4.69) is 15.5 Å². The molecule has 0 bridgehead atoms. The van der Waals surface area contributed by atoms with Crippen LogP contribution in [-0.4, -0.2) is 16.3 Å². The summed E-state index contributed by atoms with van der Waals surface area (Å²) in [4.78, 5) is 3.10. The summed E-state index contributed by atoms with van der Waals surface area (Å²) in [7, 11) is 0. The maximum Gasteiger partial charge on any atom is 0.252 e. The summed E-state index contributed by atoms with van der Waals surface area (Å²) in [6.45, 7) is 11.5. The van der Waals surface area contributed by atoms with Crippen LogP contribution in [0.5, 0.6) is 5.75 Å². The van der Waals surface area contributed by atoms with E-state index in [4.69, 9.17) is 0 Å². The second kappa shape index (κ2) is 9.89. The van der Waals surface area contributed by atoms with E-state index < -0.39 is 44.9 Å². The van der Waals surface area contributed by atoms with Gasteiger partial charge in [-0.1, -0.05) is 65.4 Å². The van der Waals surface area contributed by atoms with Gasteiger partial charge >= 0.3 is 0 Å². The van der Waals surface area contributed by atoms with Gasteiger partial charge in [0.1, 0.15) is 11.6 Å². The number of nitrogens with zero attached hydrogens (tertiary/aromatic N) is 2. The molecular weight excluding hydrogens is 478 g/mol. The maximum atomic E-state index is 15.2. The minimum Gasteiger partial charge on any atom is -0.507 e. The van der Waals surface area contributed by atoms with Crippen LogP contribution in [0.25, 0.3) is 0 Å². The Hall–Kier alpha value is -3.07. The third-order valence-electron chi connectivity index (χ3n) is 5.15. The summed E-state index contributed by atoms with van der Waals surface area (Å²) in [6, 6.07) is 8.77. The Kier molecular flexibility index (Phi) is 7.50. The molecule has 0 atom stereocenters. The zero-order valence-corrected chi connectivity index (χ0v) is 21.1. The van der Waals surface area contributed by atoms with Crippen molar-refractivity contribution in [3.05, 3.63) is 76.5 Å². The van der Waals surface area contributed by atoms with Crippen LogP contribution >= 0.6 is 11.8 Å². The van der Waals surface area contributed by atoms with Gasteiger partial charge in [-0.25, -0.2) is 13.2 Å². The lowest BCUT2D eigenvalue weighted by Gasteiger charge is -2.28. The number of aromatic hydroxyl groups is 1. The zero-order valence-electron chi connectivity index (χ0n) is 20.3. The number of nitrogens with one attached hydrogen (secondary N) is 1. The topological polar surface area (TPSA) is 57.5 Å². The van der Waals surface area contributed by atoms with Crippen molar-refractivity contribution in [3.8, 4) is 5.75 Å². The number of phenolic OH excluding ortho intramolecular Hbond substituents is 1. The molecule has 3 rings (SSSR count). The molecular formula is C26H27F4N3OS. The Morgan fingerprint density at radius 2 is 1.51 bits per heavy atom. The molecule has 0 saturated carbocycles. The molecule has 186 valence electrons. The van der Waals surface area contributed by atoms with E-state index in [1.165, 1.54) is 24.4 Å². The van der Waals surface area contributed by atoms with Crippen LogP contribution in [-0.2, 0) is 10.8 Å². The molecule has 0 radical (unpaired) electrons. The number of aromatic nitrogens is 1. The molecule has 0 amide bonds. The molecule has 2 aromatic carbocycles. The van der Waals surface area contributed by atoms with E-state index in [0.29, 0.717) is 33.3 Å². The highest BCUT2D eigenvalue weighted by molar-refractivity contribution is 7.99. The highest BCUT2D eigenvalue weighted by Gasteiger charge is 2.28. The van der Waals surface area contributed by atoms with Crippen molar-refractivity contribution in [2.45, 2.75) is 62.2 Å². The Labute approximate surface area is 206 Å². The standard InChI is InChI=1S/C26H27F4N3OS/c1-25(2,3)17-11-16(12-18(21(17)34)26(4,5)6)35-22-19(28)23(30)32-24(20(22)29)33-31-13-14-8-7-9-15(27)10-14/h7-13,34H,1-6H3,(H,32,33). The molecule has 9 heteroatoms. The summed E-state index contributed by atoms with van der Waals surface area (Å²) in [6.07, 6.45) is 1.20. The third-order valence-corrected chi connectivity index (χ3v) is 6.18. The highest BCUT2D eigenvalue weighted by Crippen LogP contribution is 2.44. The minimum absolute atomic E-state index is 0.116. The lowest BCUT2D eigenvalue weighted by atomic mass is 9.79. The van der Waals surface area contributed by atoms with Gasteiger partial charge in [0, 0.05) is 16.0 Å². The number of rotatable bonds is 5. The second-order valence-corrected chi connectivity index (χ2v) is 11.2. The molecule has 0 aliphatic rings. The molecule has 2 N–H and O–H groups in total. The Balaban J connectivity index is 2.02. The van der Waals surface area contributed by atoms with E-state index in [1.807, 2.05) is 41.5 Å². The Bertz CT molecular complexity index is 1250. The van der Waals surface area contributed by atoms with Crippen molar-refractivity contribution in [2.24, 2.45) is 5.10 Å². The third kappa shape index (κ3) is 6.14. The first-order valence-corrected chi connectivity index (χ1v) is 11.6. The number of hydrazone groups is 1. The van der Waals surface area contributed by atoms with Crippen LogP contribution in [0.15, 0.2) is 51.3 Å². The lowest BCUT2D eigenvalue weighted by molar-refractivity contribution is 0.422. The van der Waals surface area contributed by atoms with Gasteiger partial charge in [-0.15, -0.1) is 0 Å². The first kappa shape index (κ1) is 26.5. The molecule has 4 nitrogen and oxygen atoms in total. The summed E-state index contributed by atoms with van der Waals surface area (Å²) < 4.78 is 57.4. The average Bonchev–Trinajstić information content (AvgIpc) is 2.74. The number of anilines is 1. The van der Waals surface area contributed by atoms with E-state index in [1.54, 1.807) is 18.2 Å². The summed E-state index contributed by atoms with van der Waals surface area (Å²) in [5.74, 6) is -5.05. The van der Waals surface area contributed by atoms with Crippen LogP contribution < -0.4 is 5.43 Å². The van der Waals surface area contributed by atoms with E-state index in [9.17, 15) is 18.3 Å². The number of hydrogen-bond acceptors (Lipinski definition) is 5. The second-order valence-electron chi connectivity index (χ2n) is 10.1. The summed E-state index contributed by atoms with van der Waals surface area (Å²) >= 11 is 0.688. The molecule has 0 aliphatic carbocycles. The van der Waals surface area contributed by atoms with Crippen molar-refractivity contribution in [1.82, 2.24) is 4.98 Å².